The number of hydrogen-bond donors (Lipinski definition) is 2. The average molecular weight is 498 g/mol. The Hall–Kier alpha value is -3.26. The van der Waals surface area contributed by atoms with E-state index in [4.69, 9.17) is 11.6 Å². The van der Waals surface area contributed by atoms with Gasteiger partial charge < -0.3 is 25.3 Å². The van der Waals surface area contributed by atoms with E-state index < -0.39 is 0 Å². The van der Waals surface area contributed by atoms with Crippen LogP contribution in [0.4, 0.5) is 16.2 Å². The standard InChI is InChI=1S/C26H32ClN5O3/c1-19-4-2-6-22(16-19)29-26(35)32-11-3-5-20(18-32)25(34)28-17-24(33)31-14-12-30(13-15-31)23-9-7-21(27)8-10-23/h2,4,6-10,16,20H,3,5,11-15,17-18H2,1H3,(H,28,34)(H,29,35). The maximum Gasteiger partial charge on any atom is 0.321 e. The number of anilines is 2. The lowest BCUT2D eigenvalue weighted by atomic mass is 9.97. The number of carbonyl (C=O) groups is 3. The van der Waals surface area contributed by atoms with Crippen LogP contribution in [0.15, 0.2) is 48.5 Å². The summed E-state index contributed by atoms with van der Waals surface area (Å²) in [5.74, 6) is -0.577. The van der Waals surface area contributed by atoms with Crippen molar-refractivity contribution in [2.75, 3.05) is 56.0 Å². The molecule has 2 aromatic rings. The van der Waals surface area contributed by atoms with Crippen molar-refractivity contribution in [1.29, 1.82) is 0 Å². The Labute approximate surface area is 211 Å². The van der Waals surface area contributed by atoms with Gasteiger partial charge in [-0.3, -0.25) is 9.59 Å². The first-order valence-electron chi connectivity index (χ1n) is 12.1. The van der Waals surface area contributed by atoms with Gasteiger partial charge in [-0.25, -0.2) is 4.79 Å². The van der Waals surface area contributed by atoms with Crippen LogP contribution >= 0.6 is 11.6 Å². The predicted molar refractivity (Wildman–Crippen MR) is 138 cm³/mol. The van der Waals surface area contributed by atoms with Gasteiger partial charge in [-0.05, 0) is 61.7 Å². The van der Waals surface area contributed by atoms with Gasteiger partial charge in [-0.15, -0.1) is 0 Å². The molecule has 0 aliphatic carbocycles. The minimum Gasteiger partial charge on any atom is -0.368 e. The molecule has 0 bridgehead atoms. The zero-order chi connectivity index (χ0) is 24.8. The number of piperidine rings is 1. The predicted octanol–water partition coefficient (Wildman–Crippen LogP) is 3.36. The molecule has 2 fully saturated rings. The highest BCUT2D eigenvalue weighted by atomic mass is 35.5. The number of benzene rings is 2. The molecule has 186 valence electrons. The third-order valence-corrected chi connectivity index (χ3v) is 6.84. The lowest BCUT2D eigenvalue weighted by molar-refractivity contribution is -0.134. The average Bonchev–Trinajstić information content (AvgIpc) is 2.87. The molecule has 2 aliphatic heterocycles. The molecule has 1 atom stereocenters. The normalized spacial score (nSPS) is 18.2. The van der Waals surface area contributed by atoms with E-state index >= 15 is 0 Å². The zero-order valence-corrected chi connectivity index (χ0v) is 20.8. The summed E-state index contributed by atoms with van der Waals surface area (Å²) in [7, 11) is 0. The number of piperazine rings is 1. The summed E-state index contributed by atoms with van der Waals surface area (Å²) < 4.78 is 0. The fraction of sp³-hybridized carbons (Fsp3) is 0.423. The summed E-state index contributed by atoms with van der Waals surface area (Å²) in [4.78, 5) is 43.8. The molecular formula is C26H32ClN5O3. The van der Waals surface area contributed by atoms with E-state index in [-0.39, 0.29) is 30.3 Å². The maximum absolute atomic E-state index is 12.8. The first-order valence-corrected chi connectivity index (χ1v) is 12.5. The van der Waals surface area contributed by atoms with Crippen LogP contribution in [-0.2, 0) is 9.59 Å². The Bertz CT molecular complexity index is 1050. The zero-order valence-electron chi connectivity index (χ0n) is 20.0. The minimum absolute atomic E-state index is 0.0221. The second-order valence-corrected chi connectivity index (χ2v) is 9.58. The number of nitrogens with one attached hydrogen (secondary N) is 2. The molecule has 2 aromatic carbocycles. The van der Waals surface area contributed by atoms with E-state index in [2.05, 4.69) is 15.5 Å². The van der Waals surface area contributed by atoms with Crippen LogP contribution in [0.1, 0.15) is 18.4 Å². The van der Waals surface area contributed by atoms with E-state index in [9.17, 15) is 14.4 Å². The van der Waals surface area contributed by atoms with E-state index in [1.54, 1.807) is 9.80 Å². The van der Waals surface area contributed by atoms with Gasteiger partial charge in [-0.2, -0.15) is 0 Å². The Morgan fingerprint density at radius 2 is 1.71 bits per heavy atom. The van der Waals surface area contributed by atoms with E-state index in [1.807, 2.05) is 55.5 Å². The molecule has 4 amide bonds. The van der Waals surface area contributed by atoms with Crippen molar-refractivity contribution >= 4 is 40.8 Å². The molecular weight excluding hydrogens is 466 g/mol. The number of urea groups is 1. The van der Waals surface area contributed by atoms with Crippen LogP contribution in [0, 0.1) is 12.8 Å². The molecule has 0 aromatic heterocycles. The molecule has 4 rings (SSSR count). The second kappa shape index (κ2) is 11.4. The molecule has 2 aliphatic rings. The highest BCUT2D eigenvalue weighted by Gasteiger charge is 2.29. The van der Waals surface area contributed by atoms with Crippen molar-refractivity contribution in [2.24, 2.45) is 5.92 Å². The number of carbonyl (C=O) groups excluding carboxylic acids is 3. The van der Waals surface area contributed by atoms with Gasteiger partial charge in [0.15, 0.2) is 0 Å². The van der Waals surface area contributed by atoms with Gasteiger partial charge in [0.05, 0.1) is 12.5 Å². The first kappa shape index (κ1) is 24.9. The molecule has 35 heavy (non-hydrogen) atoms. The molecule has 2 saturated heterocycles. The van der Waals surface area contributed by atoms with Gasteiger partial charge in [0.25, 0.3) is 0 Å². The number of halogens is 1. The van der Waals surface area contributed by atoms with Gasteiger partial charge >= 0.3 is 6.03 Å². The third-order valence-electron chi connectivity index (χ3n) is 6.59. The highest BCUT2D eigenvalue weighted by Crippen LogP contribution is 2.20. The van der Waals surface area contributed by atoms with E-state index in [0.717, 1.165) is 36.4 Å². The molecule has 0 radical (unpaired) electrons. The van der Waals surface area contributed by atoms with E-state index in [0.29, 0.717) is 37.6 Å². The topological polar surface area (TPSA) is 85.0 Å². The van der Waals surface area contributed by atoms with Crippen LogP contribution in [0.2, 0.25) is 5.02 Å². The quantitative estimate of drug-likeness (QED) is 0.663. The van der Waals surface area contributed by atoms with Crippen LogP contribution < -0.4 is 15.5 Å². The molecule has 0 spiro atoms. The summed E-state index contributed by atoms with van der Waals surface area (Å²) in [5, 5.41) is 6.41. The minimum atomic E-state index is -0.318. The van der Waals surface area contributed by atoms with Crippen molar-refractivity contribution in [3.63, 3.8) is 0 Å². The maximum atomic E-state index is 12.8. The number of hydrogen-bond acceptors (Lipinski definition) is 4. The SMILES string of the molecule is Cc1cccc(NC(=O)N2CCCC(C(=O)NCC(=O)N3CCN(c4ccc(Cl)cc4)CC3)C2)c1. The fourth-order valence-electron chi connectivity index (χ4n) is 4.59. The molecule has 2 N–H and O–H groups in total. The molecule has 1 unspecified atom stereocenters. The number of likely N-dealkylation sites (tertiary alicyclic amines) is 1. The number of rotatable bonds is 5. The van der Waals surface area contributed by atoms with Crippen molar-refractivity contribution in [3.8, 4) is 0 Å². The lowest BCUT2D eigenvalue weighted by Crippen LogP contribution is -2.52. The van der Waals surface area contributed by atoms with Crippen molar-refractivity contribution in [3.05, 3.63) is 59.1 Å². The van der Waals surface area contributed by atoms with Gasteiger partial charge in [0, 0.05) is 55.7 Å². The highest BCUT2D eigenvalue weighted by molar-refractivity contribution is 6.30. The number of nitrogens with zero attached hydrogens (tertiary/aromatic N) is 3. The molecule has 9 heteroatoms. The van der Waals surface area contributed by atoms with Gasteiger partial charge in [0.1, 0.15) is 0 Å². The Balaban J connectivity index is 1.21. The summed E-state index contributed by atoms with van der Waals surface area (Å²) in [5.41, 5.74) is 2.89. The Kier molecular flexibility index (Phi) is 8.13. The van der Waals surface area contributed by atoms with Crippen LogP contribution in [0.3, 0.4) is 0 Å². The van der Waals surface area contributed by atoms with Crippen LogP contribution in [-0.4, -0.2) is 73.5 Å². The summed E-state index contributed by atoms with van der Waals surface area (Å²) >= 11 is 5.96. The molecule has 8 nitrogen and oxygen atoms in total. The first-order chi connectivity index (χ1) is 16.9. The largest absolute Gasteiger partial charge is 0.368 e. The smallest absolute Gasteiger partial charge is 0.321 e. The Morgan fingerprint density at radius 1 is 0.971 bits per heavy atom. The molecule has 2 heterocycles. The van der Waals surface area contributed by atoms with Gasteiger partial charge in [-0.1, -0.05) is 23.7 Å². The Morgan fingerprint density at radius 3 is 2.43 bits per heavy atom. The summed E-state index contributed by atoms with van der Waals surface area (Å²) in [6.07, 6.45) is 1.45. The monoisotopic (exact) mass is 497 g/mol. The van der Waals surface area contributed by atoms with Crippen LogP contribution in [0.25, 0.3) is 0 Å². The van der Waals surface area contributed by atoms with Crippen molar-refractivity contribution in [1.82, 2.24) is 15.1 Å². The number of amides is 4. The van der Waals surface area contributed by atoms with Gasteiger partial charge in [0.2, 0.25) is 11.8 Å². The summed E-state index contributed by atoms with van der Waals surface area (Å²) in [6.45, 7) is 5.57. The van der Waals surface area contributed by atoms with Crippen molar-refractivity contribution in [2.45, 2.75) is 19.8 Å². The van der Waals surface area contributed by atoms with Crippen molar-refractivity contribution < 1.29 is 14.4 Å². The summed E-state index contributed by atoms with van der Waals surface area (Å²) in [6, 6.07) is 15.1. The van der Waals surface area contributed by atoms with Crippen LogP contribution in [0.5, 0.6) is 0 Å². The van der Waals surface area contributed by atoms with E-state index in [1.165, 1.54) is 0 Å². The number of aryl methyl sites for hydroxylation is 1. The molecule has 0 saturated carbocycles. The second-order valence-electron chi connectivity index (χ2n) is 9.15. The lowest BCUT2D eigenvalue weighted by Gasteiger charge is -2.36. The fourth-order valence-corrected chi connectivity index (χ4v) is 4.71. The third kappa shape index (κ3) is 6.66.